The average Bonchev–Trinajstić information content (AvgIpc) is 3.31. The van der Waals surface area contributed by atoms with Crippen LogP contribution in [0.25, 0.3) is 0 Å². The van der Waals surface area contributed by atoms with Gasteiger partial charge in [-0.05, 0) is 51.2 Å². The second kappa shape index (κ2) is 7.72. The third-order valence-electron chi connectivity index (χ3n) is 6.21. The topological polar surface area (TPSA) is 83.0 Å². The largest absolute Gasteiger partial charge is 0.410 e. The van der Waals surface area contributed by atoms with E-state index in [1.165, 1.54) is 0 Å². The van der Waals surface area contributed by atoms with Crippen LogP contribution < -0.4 is 10.9 Å². The van der Waals surface area contributed by atoms with E-state index in [0.29, 0.717) is 48.6 Å². The van der Waals surface area contributed by atoms with Crippen molar-refractivity contribution in [3.8, 4) is 0 Å². The molecule has 1 saturated heterocycles. The number of nitrogens with zero attached hydrogens (tertiary/aromatic N) is 3. The summed E-state index contributed by atoms with van der Waals surface area (Å²) in [5.41, 5.74) is 1.26. The lowest BCUT2D eigenvalue weighted by Crippen LogP contribution is -2.39. The lowest BCUT2D eigenvalue weighted by Gasteiger charge is -2.32. The van der Waals surface area contributed by atoms with Crippen LogP contribution in [0, 0.1) is 13.8 Å². The fraction of sp³-hybridized carbons (Fsp3) is 0.571. The first-order chi connectivity index (χ1) is 14.6. The van der Waals surface area contributed by atoms with Gasteiger partial charge >= 0.3 is 6.18 Å². The van der Waals surface area contributed by atoms with Crippen LogP contribution in [0.2, 0.25) is 0 Å². The summed E-state index contributed by atoms with van der Waals surface area (Å²) in [6.07, 6.45) is -2.66. The van der Waals surface area contributed by atoms with Crippen molar-refractivity contribution < 1.29 is 18.0 Å². The number of nitrogens with one attached hydrogen (secondary N) is 2. The fourth-order valence-corrected chi connectivity index (χ4v) is 4.68. The molecule has 2 aliphatic heterocycles. The van der Waals surface area contributed by atoms with Crippen molar-refractivity contribution in [2.75, 3.05) is 11.9 Å². The molecular formula is C21H26F3N5O2. The van der Waals surface area contributed by atoms with E-state index in [2.05, 4.69) is 15.4 Å². The summed E-state index contributed by atoms with van der Waals surface area (Å²) in [4.78, 5) is 29.9. The predicted molar refractivity (Wildman–Crippen MR) is 109 cm³/mol. The molecular weight excluding hydrogens is 411 g/mol. The number of hydrogen-bond acceptors (Lipinski definition) is 4. The number of carbonyl (C=O) groups is 1. The minimum atomic E-state index is -4.41. The Bertz CT molecular complexity index is 1060. The monoisotopic (exact) mass is 437 g/mol. The third kappa shape index (κ3) is 3.83. The molecule has 2 aromatic rings. The van der Waals surface area contributed by atoms with Gasteiger partial charge in [0.15, 0.2) is 6.04 Å². The van der Waals surface area contributed by atoms with Crippen molar-refractivity contribution >= 4 is 11.7 Å². The van der Waals surface area contributed by atoms with Gasteiger partial charge in [0.25, 0.3) is 11.5 Å². The van der Waals surface area contributed by atoms with Crippen LogP contribution in [-0.2, 0) is 0 Å². The molecule has 10 heteroatoms. The number of likely N-dealkylation sites (tertiary alicyclic amines) is 1. The van der Waals surface area contributed by atoms with Crippen LogP contribution in [0.5, 0.6) is 0 Å². The number of aromatic amines is 1. The second-order valence-electron chi connectivity index (χ2n) is 8.44. The molecule has 0 bridgehead atoms. The van der Waals surface area contributed by atoms with Gasteiger partial charge in [-0.25, -0.2) is 4.68 Å². The van der Waals surface area contributed by atoms with Gasteiger partial charge in [-0.15, -0.1) is 0 Å². The number of carbonyl (C=O) groups excluding carboxylic acids is 1. The van der Waals surface area contributed by atoms with Crippen molar-refractivity contribution in [1.82, 2.24) is 19.7 Å². The first kappa shape index (κ1) is 21.5. The Labute approximate surface area is 177 Å². The number of H-pyrrole nitrogens is 1. The van der Waals surface area contributed by atoms with E-state index in [0.717, 1.165) is 4.68 Å². The molecule has 4 rings (SSSR count). The van der Waals surface area contributed by atoms with Crippen LogP contribution in [0.4, 0.5) is 19.0 Å². The Morgan fingerprint density at radius 2 is 2.03 bits per heavy atom. The summed E-state index contributed by atoms with van der Waals surface area (Å²) < 4.78 is 42.0. The molecule has 2 N–H and O–H groups in total. The molecule has 0 spiro atoms. The molecule has 0 radical (unpaired) electrons. The van der Waals surface area contributed by atoms with Crippen molar-refractivity contribution in [1.29, 1.82) is 0 Å². The summed E-state index contributed by atoms with van der Waals surface area (Å²) in [6.45, 7) is 5.71. The van der Waals surface area contributed by atoms with E-state index in [4.69, 9.17) is 0 Å². The van der Waals surface area contributed by atoms with Crippen LogP contribution in [-0.4, -0.2) is 44.3 Å². The molecule has 0 aromatic carbocycles. The number of rotatable bonds is 3. The maximum Gasteiger partial charge on any atom is 0.410 e. The van der Waals surface area contributed by atoms with Crippen molar-refractivity contribution in [2.45, 2.75) is 70.8 Å². The summed E-state index contributed by atoms with van der Waals surface area (Å²) in [5, 5.41) is 7.42. The molecule has 2 aromatic heterocycles. The number of fused-ring (bicyclic) bond motifs is 1. The standard InChI is InChI=1S/C21H26F3N5O2/c1-4-13-9-16(21(22,23)24)29-17(26-13)10-14(27-29)15-6-5-7-28(15)20(31)18-11(2)8-12(3)25-19(18)30/h8,10,13,15-16,26H,4-7,9H2,1-3H3,(H,25,30)/t13-,15?,16-/m1/s1. The van der Waals surface area contributed by atoms with Crippen molar-refractivity contribution in [2.24, 2.45) is 0 Å². The van der Waals surface area contributed by atoms with Gasteiger partial charge < -0.3 is 15.2 Å². The van der Waals surface area contributed by atoms with Crippen LogP contribution in [0.1, 0.15) is 72.0 Å². The van der Waals surface area contributed by atoms with Gasteiger partial charge in [-0.1, -0.05) is 6.92 Å². The van der Waals surface area contributed by atoms with Crippen molar-refractivity contribution in [3.63, 3.8) is 0 Å². The lowest BCUT2D eigenvalue weighted by molar-refractivity contribution is -0.173. The molecule has 2 aliphatic rings. The zero-order valence-electron chi connectivity index (χ0n) is 17.7. The van der Waals surface area contributed by atoms with Crippen LogP contribution >= 0.6 is 0 Å². The second-order valence-corrected chi connectivity index (χ2v) is 8.44. The molecule has 31 heavy (non-hydrogen) atoms. The van der Waals surface area contributed by atoms with Gasteiger partial charge in [0, 0.05) is 24.3 Å². The highest BCUT2D eigenvalue weighted by Gasteiger charge is 2.46. The van der Waals surface area contributed by atoms with E-state index >= 15 is 0 Å². The summed E-state index contributed by atoms with van der Waals surface area (Å²) >= 11 is 0. The van der Waals surface area contributed by atoms with Gasteiger partial charge in [0.05, 0.1) is 11.7 Å². The number of halogens is 3. The van der Waals surface area contributed by atoms with E-state index in [1.807, 2.05) is 6.92 Å². The fourth-order valence-electron chi connectivity index (χ4n) is 4.68. The number of aryl methyl sites for hydroxylation is 2. The minimum absolute atomic E-state index is 0.0683. The maximum atomic E-state index is 13.7. The number of amides is 1. The minimum Gasteiger partial charge on any atom is -0.367 e. The summed E-state index contributed by atoms with van der Waals surface area (Å²) in [7, 11) is 0. The molecule has 0 saturated carbocycles. The number of aromatic nitrogens is 3. The summed E-state index contributed by atoms with van der Waals surface area (Å²) in [5.74, 6) is -0.0990. The zero-order valence-corrected chi connectivity index (χ0v) is 17.7. The quantitative estimate of drug-likeness (QED) is 0.764. The van der Waals surface area contributed by atoms with Gasteiger partial charge in [0.1, 0.15) is 11.4 Å². The Kier molecular flexibility index (Phi) is 5.35. The predicted octanol–water partition coefficient (Wildman–Crippen LogP) is 3.86. The first-order valence-corrected chi connectivity index (χ1v) is 10.5. The van der Waals surface area contributed by atoms with Crippen LogP contribution in [0.3, 0.4) is 0 Å². The van der Waals surface area contributed by atoms with E-state index in [9.17, 15) is 22.8 Å². The molecule has 4 heterocycles. The van der Waals surface area contributed by atoms with Gasteiger partial charge in [0.2, 0.25) is 0 Å². The highest BCUT2D eigenvalue weighted by atomic mass is 19.4. The lowest BCUT2D eigenvalue weighted by atomic mass is 10.0. The Balaban J connectivity index is 1.69. The smallest absolute Gasteiger partial charge is 0.367 e. The molecule has 168 valence electrons. The first-order valence-electron chi connectivity index (χ1n) is 10.5. The third-order valence-corrected chi connectivity index (χ3v) is 6.21. The Morgan fingerprint density at radius 3 is 2.68 bits per heavy atom. The highest BCUT2D eigenvalue weighted by Crippen LogP contribution is 2.42. The molecule has 1 unspecified atom stereocenters. The normalized spacial score (nSPS) is 23.5. The number of anilines is 1. The Morgan fingerprint density at radius 1 is 1.29 bits per heavy atom. The number of hydrogen-bond donors (Lipinski definition) is 2. The van der Waals surface area contributed by atoms with Crippen molar-refractivity contribution in [3.05, 3.63) is 45.0 Å². The average molecular weight is 437 g/mol. The number of pyridine rings is 1. The van der Waals surface area contributed by atoms with E-state index in [-0.39, 0.29) is 18.0 Å². The SMILES string of the molecule is CC[C@@H]1C[C@H](C(F)(F)F)n2nc(C3CCCN3C(=O)c3c(C)cc(C)[nH]c3=O)cc2N1. The summed E-state index contributed by atoms with van der Waals surface area (Å²) in [6, 6.07) is 0.885. The zero-order chi connectivity index (χ0) is 22.5. The maximum absolute atomic E-state index is 13.7. The molecule has 7 nitrogen and oxygen atoms in total. The Hall–Kier alpha value is -2.78. The van der Waals surface area contributed by atoms with E-state index < -0.39 is 29.7 Å². The highest BCUT2D eigenvalue weighted by molar-refractivity contribution is 5.95. The molecule has 3 atom stereocenters. The van der Waals surface area contributed by atoms with Crippen LogP contribution in [0.15, 0.2) is 16.9 Å². The van der Waals surface area contributed by atoms with E-state index in [1.54, 1.807) is 30.9 Å². The van der Waals surface area contributed by atoms with Gasteiger partial charge in [-0.2, -0.15) is 18.3 Å². The molecule has 0 aliphatic carbocycles. The molecule has 1 fully saturated rings. The van der Waals surface area contributed by atoms with Gasteiger partial charge in [-0.3, -0.25) is 9.59 Å². The molecule has 1 amide bonds. The number of alkyl halides is 3.